The van der Waals surface area contributed by atoms with Crippen LogP contribution in [0.15, 0.2) is 77.7 Å². The second kappa shape index (κ2) is 14.1. The average molecular weight is 588 g/mol. The van der Waals surface area contributed by atoms with E-state index in [9.17, 15) is 26.8 Å². The molecule has 0 saturated carbocycles. The number of rotatable bonds is 13. The van der Waals surface area contributed by atoms with Crippen LogP contribution in [0.3, 0.4) is 0 Å². The van der Waals surface area contributed by atoms with Crippen LogP contribution < -0.4 is 14.4 Å². The van der Waals surface area contributed by atoms with Gasteiger partial charge in [0.2, 0.25) is 11.8 Å². The Morgan fingerprint density at radius 1 is 0.878 bits per heavy atom. The molecule has 3 aromatic rings. The van der Waals surface area contributed by atoms with Gasteiger partial charge in [-0.1, -0.05) is 26.0 Å². The van der Waals surface area contributed by atoms with Gasteiger partial charge in [0.1, 0.15) is 30.0 Å². The maximum atomic E-state index is 13.9. The summed E-state index contributed by atoms with van der Waals surface area (Å²) in [5, 5.41) is 2.80. The molecule has 0 heterocycles. The summed E-state index contributed by atoms with van der Waals surface area (Å²) in [6.45, 7) is 7.30. The van der Waals surface area contributed by atoms with Crippen LogP contribution >= 0.6 is 0 Å². The molecule has 1 atom stereocenters. The number of amides is 2. The van der Waals surface area contributed by atoms with E-state index in [0.717, 1.165) is 28.6 Å². The van der Waals surface area contributed by atoms with Crippen molar-refractivity contribution in [2.45, 2.75) is 45.2 Å². The van der Waals surface area contributed by atoms with E-state index < -0.39 is 46.1 Å². The number of halogens is 2. The van der Waals surface area contributed by atoms with Crippen LogP contribution in [0.5, 0.6) is 5.75 Å². The lowest BCUT2D eigenvalue weighted by Gasteiger charge is -2.32. The number of hydrogen-bond donors (Lipinski definition) is 1. The molecule has 3 aromatic carbocycles. The van der Waals surface area contributed by atoms with Crippen LogP contribution in [0.1, 0.15) is 33.3 Å². The fourth-order valence-electron chi connectivity index (χ4n) is 3.96. The van der Waals surface area contributed by atoms with Crippen molar-refractivity contribution in [3.8, 4) is 5.75 Å². The highest BCUT2D eigenvalue weighted by atomic mass is 32.2. The SMILES string of the molecule is CCOc1ccc(N(CC(=O)N(Cc2ccc(F)cc2)[C@H](C)C(=O)NCC(C)C)S(=O)(=O)c2ccc(F)cc2)cc1. The van der Waals surface area contributed by atoms with Crippen molar-refractivity contribution in [1.82, 2.24) is 10.2 Å². The first kappa shape index (κ1) is 31.5. The van der Waals surface area contributed by atoms with Gasteiger partial charge in [-0.2, -0.15) is 0 Å². The van der Waals surface area contributed by atoms with E-state index in [1.807, 2.05) is 20.8 Å². The van der Waals surface area contributed by atoms with E-state index in [2.05, 4.69) is 5.32 Å². The molecule has 2 amide bonds. The molecule has 11 heteroatoms. The molecule has 0 aliphatic heterocycles. The largest absolute Gasteiger partial charge is 0.494 e. The molecular weight excluding hydrogens is 552 g/mol. The number of sulfonamides is 1. The van der Waals surface area contributed by atoms with Crippen molar-refractivity contribution in [3.63, 3.8) is 0 Å². The van der Waals surface area contributed by atoms with E-state index in [0.29, 0.717) is 24.5 Å². The second-order valence-electron chi connectivity index (χ2n) is 9.86. The molecule has 0 spiro atoms. The highest BCUT2D eigenvalue weighted by molar-refractivity contribution is 7.92. The molecular formula is C30H35F2N3O5S. The van der Waals surface area contributed by atoms with Crippen LogP contribution in [0.4, 0.5) is 14.5 Å². The van der Waals surface area contributed by atoms with Crippen LogP contribution in [-0.2, 0) is 26.2 Å². The molecule has 8 nitrogen and oxygen atoms in total. The normalized spacial score (nSPS) is 12.1. The van der Waals surface area contributed by atoms with Gasteiger partial charge in [-0.25, -0.2) is 17.2 Å². The summed E-state index contributed by atoms with van der Waals surface area (Å²) >= 11 is 0. The van der Waals surface area contributed by atoms with Crippen LogP contribution in [0.2, 0.25) is 0 Å². The summed E-state index contributed by atoms with van der Waals surface area (Å²) < 4.78 is 61.1. The van der Waals surface area contributed by atoms with Gasteiger partial charge in [0.15, 0.2) is 0 Å². The van der Waals surface area contributed by atoms with E-state index >= 15 is 0 Å². The van der Waals surface area contributed by atoms with Gasteiger partial charge in [-0.3, -0.25) is 13.9 Å². The molecule has 0 aromatic heterocycles. The number of carbonyl (C=O) groups is 2. The van der Waals surface area contributed by atoms with Gasteiger partial charge < -0.3 is 15.0 Å². The van der Waals surface area contributed by atoms with Crippen molar-refractivity contribution in [2.24, 2.45) is 5.92 Å². The number of nitrogens with one attached hydrogen (secondary N) is 1. The Labute approximate surface area is 240 Å². The quantitative estimate of drug-likeness (QED) is 0.312. The van der Waals surface area contributed by atoms with Crippen LogP contribution in [0, 0.1) is 17.6 Å². The van der Waals surface area contributed by atoms with Crippen molar-refractivity contribution in [3.05, 3.63) is 90.0 Å². The third-order valence-corrected chi connectivity index (χ3v) is 8.02. The summed E-state index contributed by atoms with van der Waals surface area (Å²) in [7, 11) is -4.34. The zero-order valence-electron chi connectivity index (χ0n) is 23.5. The monoisotopic (exact) mass is 587 g/mol. The topological polar surface area (TPSA) is 96.0 Å². The Hall–Kier alpha value is -3.99. The number of carbonyl (C=O) groups excluding carboxylic acids is 2. The minimum absolute atomic E-state index is 0.0664. The number of anilines is 1. The molecule has 0 aliphatic rings. The molecule has 41 heavy (non-hydrogen) atoms. The molecule has 3 rings (SSSR count). The maximum Gasteiger partial charge on any atom is 0.264 e. The first-order chi connectivity index (χ1) is 19.4. The van der Waals surface area contributed by atoms with Gasteiger partial charge >= 0.3 is 0 Å². The number of nitrogens with zero attached hydrogens (tertiary/aromatic N) is 2. The molecule has 1 N–H and O–H groups in total. The van der Waals surface area contributed by atoms with Crippen LogP contribution in [0.25, 0.3) is 0 Å². The molecule has 220 valence electrons. The Morgan fingerprint density at radius 2 is 1.44 bits per heavy atom. The first-order valence-electron chi connectivity index (χ1n) is 13.2. The molecule has 0 radical (unpaired) electrons. The fraction of sp³-hybridized carbons (Fsp3) is 0.333. The lowest BCUT2D eigenvalue weighted by atomic mass is 10.1. The molecule has 0 aliphatic carbocycles. The summed E-state index contributed by atoms with van der Waals surface area (Å²) in [6.07, 6.45) is 0. The third kappa shape index (κ3) is 8.50. The lowest BCUT2D eigenvalue weighted by Crippen LogP contribution is -2.51. The highest BCUT2D eigenvalue weighted by Gasteiger charge is 2.32. The van der Waals surface area contributed by atoms with Crippen LogP contribution in [-0.4, -0.2) is 50.9 Å². The fourth-order valence-corrected chi connectivity index (χ4v) is 5.37. The number of benzene rings is 3. The second-order valence-corrected chi connectivity index (χ2v) is 11.7. The zero-order chi connectivity index (χ0) is 30.2. The highest BCUT2D eigenvalue weighted by Crippen LogP contribution is 2.27. The number of hydrogen-bond acceptors (Lipinski definition) is 5. The third-order valence-electron chi connectivity index (χ3n) is 6.23. The number of ether oxygens (including phenoxy) is 1. The van der Waals surface area contributed by atoms with Crippen molar-refractivity contribution >= 4 is 27.5 Å². The van der Waals surface area contributed by atoms with Gasteiger partial charge in [0, 0.05) is 13.1 Å². The van der Waals surface area contributed by atoms with E-state index in [-0.39, 0.29) is 23.0 Å². The predicted octanol–water partition coefficient (Wildman–Crippen LogP) is 4.75. The zero-order valence-corrected chi connectivity index (χ0v) is 24.3. The van der Waals surface area contributed by atoms with Crippen molar-refractivity contribution in [1.29, 1.82) is 0 Å². The minimum atomic E-state index is -4.34. The Kier molecular flexibility index (Phi) is 10.8. The standard InChI is InChI=1S/C30H35F2N3O5S/c1-5-40-27-14-12-26(13-15-27)35(41(38,39)28-16-10-25(32)11-17-28)20-29(36)34(19-23-6-8-24(31)9-7-23)22(4)30(37)33-18-21(2)3/h6-17,21-22H,5,18-20H2,1-4H3,(H,33,37)/t22-/m1/s1. The summed E-state index contributed by atoms with van der Waals surface area (Å²) in [5.41, 5.74) is 0.724. The summed E-state index contributed by atoms with van der Waals surface area (Å²) in [6, 6.07) is 14.9. The van der Waals surface area contributed by atoms with E-state index in [4.69, 9.17) is 4.74 Å². The Balaban J connectivity index is 2.01. The van der Waals surface area contributed by atoms with Gasteiger partial charge in [0.25, 0.3) is 10.0 Å². The Bertz CT molecular complexity index is 1410. The van der Waals surface area contributed by atoms with Gasteiger partial charge in [0.05, 0.1) is 17.2 Å². The first-order valence-corrected chi connectivity index (χ1v) is 14.7. The molecule has 0 saturated heterocycles. The molecule has 0 bridgehead atoms. The van der Waals surface area contributed by atoms with Crippen molar-refractivity contribution in [2.75, 3.05) is 24.0 Å². The van der Waals surface area contributed by atoms with Gasteiger partial charge in [-0.15, -0.1) is 0 Å². The van der Waals surface area contributed by atoms with Gasteiger partial charge in [-0.05, 0) is 86.0 Å². The predicted molar refractivity (Wildman–Crippen MR) is 153 cm³/mol. The smallest absolute Gasteiger partial charge is 0.264 e. The van der Waals surface area contributed by atoms with E-state index in [1.54, 1.807) is 19.1 Å². The maximum absolute atomic E-state index is 13.9. The van der Waals surface area contributed by atoms with E-state index in [1.165, 1.54) is 41.3 Å². The molecule has 0 unspecified atom stereocenters. The van der Waals surface area contributed by atoms with Crippen molar-refractivity contribution < 1.29 is 31.5 Å². The average Bonchev–Trinajstić information content (AvgIpc) is 2.94. The molecule has 0 fully saturated rings. The summed E-state index contributed by atoms with van der Waals surface area (Å²) in [5.74, 6) is -1.47. The Morgan fingerprint density at radius 3 is 1.98 bits per heavy atom. The minimum Gasteiger partial charge on any atom is -0.494 e. The lowest BCUT2D eigenvalue weighted by molar-refractivity contribution is -0.139. The summed E-state index contributed by atoms with van der Waals surface area (Å²) in [4.78, 5) is 27.9.